The lowest BCUT2D eigenvalue weighted by Gasteiger charge is -2.02. The summed E-state index contributed by atoms with van der Waals surface area (Å²) >= 11 is 0. The van der Waals surface area contributed by atoms with Crippen LogP contribution in [0.1, 0.15) is 21.8 Å². The quantitative estimate of drug-likeness (QED) is 0.815. The normalized spacial score (nSPS) is 10.1. The van der Waals surface area contributed by atoms with E-state index < -0.39 is 5.91 Å². The predicted octanol–water partition coefficient (Wildman–Crippen LogP) is 1.37. The summed E-state index contributed by atoms with van der Waals surface area (Å²) in [5.74, 6) is -0.0166. The Balaban J connectivity index is 2.32. The molecule has 0 saturated carbocycles. The molecule has 1 aromatic heterocycles. The molecule has 0 atom stereocenters. The van der Waals surface area contributed by atoms with Gasteiger partial charge in [-0.05, 0) is 11.6 Å². The number of oxazole rings is 1. The third-order valence-electron chi connectivity index (χ3n) is 1.96. The van der Waals surface area contributed by atoms with E-state index >= 15 is 0 Å². The molecule has 2 rings (SSSR count). The van der Waals surface area contributed by atoms with Crippen LogP contribution in [0.4, 0.5) is 0 Å². The number of rotatable bonds is 3. The Morgan fingerprint density at radius 2 is 2.20 bits per heavy atom. The van der Waals surface area contributed by atoms with Crippen molar-refractivity contribution in [2.45, 2.75) is 0 Å². The Hall–Kier alpha value is -2.10. The molecule has 0 aliphatic rings. The van der Waals surface area contributed by atoms with E-state index in [0.29, 0.717) is 17.0 Å². The number of hydrogen-bond donors (Lipinski definition) is 1. The summed E-state index contributed by atoms with van der Waals surface area (Å²) in [5.41, 5.74) is 6.39. The predicted molar refractivity (Wildman–Crippen MR) is 54.0 cm³/mol. The fourth-order valence-electron chi connectivity index (χ4n) is 1.29. The molecule has 0 saturated heterocycles. The van der Waals surface area contributed by atoms with Gasteiger partial charge in [0.15, 0.2) is 0 Å². The van der Waals surface area contributed by atoms with Crippen LogP contribution in [0.3, 0.4) is 0 Å². The number of amides is 1. The molecule has 4 heteroatoms. The molecule has 1 aromatic carbocycles. The smallest absolute Gasteiger partial charge is 0.249 e. The van der Waals surface area contributed by atoms with Crippen molar-refractivity contribution in [3.63, 3.8) is 0 Å². The van der Waals surface area contributed by atoms with Gasteiger partial charge in [-0.2, -0.15) is 0 Å². The van der Waals surface area contributed by atoms with E-state index in [9.17, 15) is 4.79 Å². The van der Waals surface area contributed by atoms with Crippen LogP contribution in [-0.4, -0.2) is 10.9 Å². The molecule has 1 amide bonds. The third-order valence-corrected chi connectivity index (χ3v) is 1.96. The topological polar surface area (TPSA) is 69.1 Å². The second kappa shape index (κ2) is 3.96. The fraction of sp³-hybridized carbons (Fsp3) is 0. The summed E-state index contributed by atoms with van der Waals surface area (Å²) in [4.78, 5) is 15.0. The van der Waals surface area contributed by atoms with Crippen LogP contribution in [0.25, 0.3) is 0 Å². The number of nitrogens with two attached hydrogens (primary N) is 1. The maximum atomic E-state index is 11.1. The van der Waals surface area contributed by atoms with Crippen LogP contribution in [0.2, 0.25) is 0 Å². The molecule has 0 aliphatic heterocycles. The second-order valence-corrected chi connectivity index (χ2v) is 2.97. The summed E-state index contributed by atoms with van der Waals surface area (Å²) in [6, 6.07) is 7.02. The molecular weight excluding hydrogens is 192 g/mol. The fourth-order valence-corrected chi connectivity index (χ4v) is 1.29. The lowest BCUT2D eigenvalue weighted by atomic mass is 10.0. The highest BCUT2D eigenvalue weighted by Gasteiger charge is 2.09. The third kappa shape index (κ3) is 2.04. The van der Waals surface area contributed by atoms with Gasteiger partial charge >= 0.3 is 0 Å². The van der Waals surface area contributed by atoms with Gasteiger partial charge in [0, 0.05) is 5.56 Å². The minimum absolute atomic E-state index is 0.448. The Kier molecular flexibility index (Phi) is 2.49. The van der Waals surface area contributed by atoms with Crippen LogP contribution in [0, 0.1) is 6.42 Å². The van der Waals surface area contributed by atoms with Gasteiger partial charge in [-0.1, -0.05) is 18.2 Å². The van der Waals surface area contributed by atoms with Gasteiger partial charge in [0.25, 0.3) is 0 Å². The Bertz CT molecular complexity index is 463. The van der Waals surface area contributed by atoms with Gasteiger partial charge < -0.3 is 10.2 Å². The number of primary amides is 1. The second-order valence-electron chi connectivity index (χ2n) is 2.97. The zero-order valence-corrected chi connectivity index (χ0v) is 7.88. The van der Waals surface area contributed by atoms with Crippen LogP contribution >= 0.6 is 0 Å². The summed E-state index contributed by atoms with van der Waals surface area (Å²) in [6.45, 7) is 0. The maximum Gasteiger partial charge on any atom is 0.249 e. The molecule has 0 aliphatic carbocycles. The number of carbonyl (C=O) groups is 1. The Morgan fingerprint density at radius 1 is 1.40 bits per heavy atom. The van der Waals surface area contributed by atoms with Crippen molar-refractivity contribution in [1.82, 2.24) is 4.98 Å². The number of nitrogens with zero attached hydrogens (tertiary/aromatic N) is 1. The molecule has 1 heterocycles. The van der Waals surface area contributed by atoms with Crippen molar-refractivity contribution < 1.29 is 9.21 Å². The van der Waals surface area contributed by atoms with Crippen LogP contribution in [0.5, 0.6) is 0 Å². The number of hydrogen-bond acceptors (Lipinski definition) is 3. The van der Waals surface area contributed by atoms with E-state index in [4.69, 9.17) is 10.2 Å². The molecule has 0 spiro atoms. The van der Waals surface area contributed by atoms with E-state index in [1.807, 2.05) is 6.07 Å². The van der Waals surface area contributed by atoms with Crippen molar-refractivity contribution in [1.29, 1.82) is 0 Å². The Morgan fingerprint density at radius 3 is 2.87 bits per heavy atom. The lowest BCUT2D eigenvalue weighted by Crippen LogP contribution is -2.13. The van der Waals surface area contributed by atoms with Crippen molar-refractivity contribution in [3.05, 3.63) is 60.2 Å². The zero-order valence-electron chi connectivity index (χ0n) is 7.88. The van der Waals surface area contributed by atoms with Crippen molar-refractivity contribution in [3.8, 4) is 0 Å². The standard InChI is InChI=1S/C11H9N2O2/c12-11(14)9-4-2-1-3-8(9)7-10-13-5-6-15-10/h1-7H,(H2,12,14). The van der Waals surface area contributed by atoms with Gasteiger partial charge in [0.1, 0.15) is 6.26 Å². The molecule has 1 radical (unpaired) electrons. The maximum absolute atomic E-state index is 11.1. The molecule has 75 valence electrons. The molecule has 0 bridgehead atoms. The first kappa shape index (κ1) is 9.45. The van der Waals surface area contributed by atoms with E-state index in [1.165, 1.54) is 6.26 Å². The SMILES string of the molecule is NC(=O)c1ccccc1[CH]c1ncco1. The van der Waals surface area contributed by atoms with Crippen molar-refractivity contribution in [2.75, 3.05) is 0 Å². The van der Waals surface area contributed by atoms with Crippen LogP contribution in [-0.2, 0) is 0 Å². The van der Waals surface area contributed by atoms with Crippen LogP contribution in [0.15, 0.2) is 41.1 Å². The van der Waals surface area contributed by atoms with Gasteiger partial charge in [-0.25, -0.2) is 4.98 Å². The first-order valence-corrected chi connectivity index (χ1v) is 4.40. The monoisotopic (exact) mass is 201 g/mol. The molecule has 0 fully saturated rings. The van der Waals surface area contributed by atoms with E-state index in [1.54, 1.807) is 30.8 Å². The van der Waals surface area contributed by atoms with Crippen molar-refractivity contribution in [2.24, 2.45) is 5.73 Å². The van der Waals surface area contributed by atoms with E-state index in [0.717, 1.165) is 0 Å². The van der Waals surface area contributed by atoms with Gasteiger partial charge in [-0.15, -0.1) is 0 Å². The van der Waals surface area contributed by atoms with Gasteiger partial charge in [0.2, 0.25) is 11.8 Å². The molecule has 2 N–H and O–H groups in total. The van der Waals surface area contributed by atoms with Crippen molar-refractivity contribution >= 4 is 5.91 Å². The Labute approximate surface area is 86.7 Å². The zero-order chi connectivity index (χ0) is 10.7. The molecule has 0 unspecified atom stereocenters. The molecule has 4 nitrogen and oxygen atoms in total. The number of carbonyl (C=O) groups excluding carboxylic acids is 1. The average molecular weight is 201 g/mol. The number of benzene rings is 1. The summed E-state index contributed by atoms with van der Waals surface area (Å²) < 4.78 is 5.05. The summed E-state index contributed by atoms with van der Waals surface area (Å²) in [5, 5.41) is 0. The van der Waals surface area contributed by atoms with Gasteiger partial charge in [0.05, 0.1) is 12.6 Å². The minimum atomic E-state index is -0.464. The number of aromatic nitrogens is 1. The summed E-state index contributed by atoms with van der Waals surface area (Å²) in [6.07, 6.45) is 4.68. The van der Waals surface area contributed by atoms with Gasteiger partial charge in [-0.3, -0.25) is 4.79 Å². The highest BCUT2D eigenvalue weighted by atomic mass is 16.3. The average Bonchev–Trinajstić information content (AvgIpc) is 2.71. The first-order valence-electron chi connectivity index (χ1n) is 4.40. The minimum Gasteiger partial charge on any atom is -0.448 e. The van der Waals surface area contributed by atoms with Crippen LogP contribution < -0.4 is 5.73 Å². The molecule has 15 heavy (non-hydrogen) atoms. The first-order chi connectivity index (χ1) is 7.27. The highest BCUT2D eigenvalue weighted by molar-refractivity contribution is 5.94. The largest absolute Gasteiger partial charge is 0.448 e. The highest BCUT2D eigenvalue weighted by Crippen LogP contribution is 2.14. The van der Waals surface area contributed by atoms with E-state index in [2.05, 4.69) is 4.98 Å². The summed E-state index contributed by atoms with van der Waals surface area (Å²) in [7, 11) is 0. The molecule has 2 aromatic rings. The van der Waals surface area contributed by atoms with E-state index in [-0.39, 0.29) is 0 Å². The molecular formula is C11H9N2O2. The lowest BCUT2D eigenvalue weighted by molar-refractivity contribution is 0.1000.